The standard InChI is InChI=1S/C20H35N5O9/c1-10(2)16(22)19(32)25-13(9-15(28)29)18(31)23-11(5-3-4-8-21)17(30)24-12(20(33)34)6-7-14(26)27/h10-13,16H,3-9,21-22H2,1-2H3,(H,23,31)(H,24,30)(H,25,32)(H,26,27)(H,28,29)(H,33,34). The van der Waals surface area contributed by atoms with Gasteiger partial charge in [-0.3, -0.25) is 24.0 Å². The lowest BCUT2D eigenvalue weighted by molar-refractivity contribution is -0.144. The Balaban J connectivity index is 5.55. The topological polar surface area (TPSA) is 251 Å². The number of aliphatic carboxylic acids is 3. The van der Waals surface area contributed by atoms with E-state index in [1.54, 1.807) is 13.8 Å². The van der Waals surface area contributed by atoms with Gasteiger partial charge in [0.25, 0.3) is 0 Å². The minimum atomic E-state index is -1.54. The van der Waals surface area contributed by atoms with Gasteiger partial charge in [0.1, 0.15) is 18.1 Å². The number of unbranched alkanes of at least 4 members (excludes halogenated alkanes) is 1. The quantitative estimate of drug-likeness (QED) is 0.103. The van der Waals surface area contributed by atoms with Gasteiger partial charge in [0, 0.05) is 6.42 Å². The highest BCUT2D eigenvalue weighted by molar-refractivity contribution is 5.95. The minimum Gasteiger partial charge on any atom is -0.481 e. The number of carbonyl (C=O) groups excluding carboxylic acids is 3. The third kappa shape index (κ3) is 12.1. The van der Waals surface area contributed by atoms with Crippen molar-refractivity contribution in [3.8, 4) is 0 Å². The normalized spacial score (nSPS) is 14.4. The smallest absolute Gasteiger partial charge is 0.326 e. The monoisotopic (exact) mass is 489 g/mol. The van der Waals surface area contributed by atoms with Crippen molar-refractivity contribution >= 4 is 35.6 Å². The molecule has 0 aliphatic rings. The fraction of sp³-hybridized carbons (Fsp3) is 0.700. The molecule has 10 N–H and O–H groups in total. The number of nitrogens with one attached hydrogen (secondary N) is 3. The van der Waals surface area contributed by atoms with Crippen molar-refractivity contribution in [2.75, 3.05) is 6.54 Å². The molecule has 4 atom stereocenters. The lowest BCUT2D eigenvalue weighted by Gasteiger charge is -2.25. The molecule has 0 radical (unpaired) electrons. The molecule has 0 aromatic rings. The second kappa shape index (κ2) is 15.6. The minimum absolute atomic E-state index is 0.0410. The summed E-state index contributed by atoms with van der Waals surface area (Å²) in [7, 11) is 0. The number of carboxylic acids is 3. The van der Waals surface area contributed by atoms with Gasteiger partial charge in [-0.1, -0.05) is 13.8 Å². The molecule has 0 aromatic heterocycles. The summed E-state index contributed by atoms with van der Waals surface area (Å²) in [6.07, 6.45) is -0.778. The molecule has 14 heteroatoms. The summed E-state index contributed by atoms with van der Waals surface area (Å²) in [5.41, 5.74) is 11.2. The summed E-state index contributed by atoms with van der Waals surface area (Å²) in [4.78, 5) is 71.0. The zero-order valence-electron chi connectivity index (χ0n) is 19.3. The third-order valence-electron chi connectivity index (χ3n) is 4.87. The van der Waals surface area contributed by atoms with Crippen LogP contribution in [0.5, 0.6) is 0 Å². The van der Waals surface area contributed by atoms with E-state index < -0.39 is 72.6 Å². The molecule has 0 aliphatic carbocycles. The first-order valence-electron chi connectivity index (χ1n) is 10.8. The summed E-state index contributed by atoms with van der Waals surface area (Å²) < 4.78 is 0. The fourth-order valence-corrected chi connectivity index (χ4v) is 2.79. The number of carboxylic acid groups (broad SMARTS) is 3. The Bertz CT molecular complexity index is 744. The highest BCUT2D eigenvalue weighted by Crippen LogP contribution is 2.06. The van der Waals surface area contributed by atoms with E-state index in [4.69, 9.17) is 21.7 Å². The molecule has 0 heterocycles. The van der Waals surface area contributed by atoms with Crippen LogP contribution in [0.3, 0.4) is 0 Å². The number of carbonyl (C=O) groups is 6. The largest absolute Gasteiger partial charge is 0.481 e. The summed E-state index contributed by atoms with van der Waals surface area (Å²) >= 11 is 0. The summed E-state index contributed by atoms with van der Waals surface area (Å²) in [6.45, 7) is 3.62. The Hall–Kier alpha value is -3.26. The van der Waals surface area contributed by atoms with E-state index in [0.717, 1.165) is 0 Å². The van der Waals surface area contributed by atoms with Crippen LogP contribution < -0.4 is 27.4 Å². The van der Waals surface area contributed by atoms with Crippen molar-refractivity contribution in [3.63, 3.8) is 0 Å². The second-order valence-corrected chi connectivity index (χ2v) is 8.11. The molecular weight excluding hydrogens is 454 g/mol. The van der Waals surface area contributed by atoms with Crippen molar-refractivity contribution in [1.82, 2.24) is 16.0 Å². The molecule has 14 nitrogen and oxygen atoms in total. The first kappa shape index (κ1) is 30.7. The van der Waals surface area contributed by atoms with Crippen molar-refractivity contribution in [2.24, 2.45) is 17.4 Å². The molecule has 0 aromatic carbocycles. The maximum Gasteiger partial charge on any atom is 0.326 e. The lowest BCUT2D eigenvalue weighted by atomic mass is 10.0. The van der Waals surface area contributed by atoms with Crippen LogP contribution in [0, 0.1) is 5.92 Å². The van der Waals surface area contributed by atoms with Gasteiger partial charge in [-0.2, -0.15) is 0 Å². The number of amides is 3. The average molecular weight is 490 g/mol. The molecule has 4 unspecified atom stereocenters. The molecule has 0 aliphatic heterocycles. The predicted octanol–water partition coefficient (Wildman–Crippen LogP) is -2.02. The summed E-state index contributed by atoms with van der Waals surface area (Å²) in [5.74, 6) is -7.01. The van der Waals surface area contributed by atoms with Crippen LogP contribution in [0.4, 0.5) is 0 Å². The van der Waals surface area contributed by atoms with Gasteiger partial charge in [0.2, 0.25) is 17.7 Å². The lowest BCUT2D eigenvalue weighted by Crippen LogP contribution is -2.58. The van der Waals surface area contributed by atoms with Gasteiger partial charge in [0.15, 0.2) is 0 Å². The molecule has 0 spiro atoms. The van der Waals surface area contributed by atoms with E-state index in [1.807, 2.05) is 0 Å². The summed E-state index contributed by atoms with van der Waals surface area (Å²) in [5, 5.41) is 33.9. The zero-order chi connectivity index (χ0) is 26.4. The molecule has 0 saturated carbocycles. The van der Waals surface area contributed by atoms with Gasteiger partial charge >= 0.3 is 17.9 Å². The van der Waals surface area contributed by atoms with Crippen LogP contribution in [0.15, 0.2) is 0 Å². The van der Waals surface area contributed by atoms with E-state index >= 15 is 0 Å². The Kier molecular flexibility index (Phi) is 14.1. The molecule has 0 bridgehead atoms. The molecule has 34 heavy (non-hydrogen) atoms. The SMILES string of the molecule is CC(C)C(N)C(=O)NC(CC(=O)O)C(=O)NC(CCCCN)C(=O)NC(CCC(=O)O)C(=O)O. The van der Waals surface area contributed by atoms with E-state index in [-0.39, 0.29) is 18.8 Å². The van der Waals surface area contributed by atoms with Crippen LogP contribution in [0.1, 0.15) is 52.4 Å². The molecule has 0 fully saturated rings. The first-order valence-corrected chi connectivity index (χ1v) is 10.8. The Morgan fingerprint density at radius 2 is 1.26 bits per heavy atom. The van der Waals surface area contributed by atoms with E-state index in [1.165, 1.54) is 0 Å². The van der Waals surface area contributed by atoms with Gasteiger partial charge < -0.3 is 42.7 Å². The van der Waals surface area contributed by atoms with E-state index in [0.29, 0.717) is 19.4 Å². The van der Waals surface area contributed by atoms with Crippen LogP contribution in [0.2, 0.25) is 0 Å². The first-order chi connectivity index (χ1) is 15.8. The second-order valence-electron chi connectivity index (χ2n) is 8.11. The van der Waals surface area contributed by atoms with Crippen LogP contribution in [-0.2, 0) is 28.8 Å². The van der Waals surface area contributed by atoms with E-state index in [2.05, 4.69) is 16.0 Å². The molecule has 0 rings (SSSR count). The number of hydrogen-bond donors (Lipinski definition) is 8. The fourth-order valence-electron chi connectivity index (χ4n) is 2.79. The van der Waals surface area contributed by atoms with Gasteiger partial charge in [-0.15, -0.1) is 0 Å². The van der Waals surface area contributed by atoms with Gasteiger partial charge in [-0.05, 0) is 38.1 Å². The van der Waals surface area contributed by atoms with Gasteiger partial charge in [-0.25, -0.2) is 4.79 Å². The predicted molar refractivity (Wildman–Crippen MR) is 118 cm³/mol. The molecule has 0 saturated heterocycles. The Labute approximate surface area is 196 Å². The number of nitrogens with two attached hydrogens (primary N) is 2. The van der Waals surface area contributed by atoms with Crippen LogP contribution >= 0.6 is 0 Å². The van der Waals surface area contributed by atoms with Crippen LogP contribution in [0.25, 0.3) is 0 Å². The highest BCUT2D eigenvalue weighted by Gasteiger charge is 2.31. The van der Waals surface area contributed by atoms with Crippen LogP contribution in [-0.4, -0.2) is 81.7 Å². The maximum absolute atomic E-state index is 12.8. The van der Waals surface area contributed by atoms with Crippen molar-refractivity contribution in [1.29, 1.82) is 0 Å². The van der Waals surface area contributed by atoms with Gasteiger partial charge in [0.05, 0.1) is 12.5 Å². The molecular formula is C20H35N5O9. The van der Waals surface area contributed by atoms with Crippen molar-refractivity contribution < 1.29 is 44.1 Å². The number of rotatable bonds is 17. The third-order valence-corrected chi connectivity index (χ3v) is 4.87. The molecule has 194 valence electrons. The van der Waals surface area contributed by atoms with E-state index in [9.17, 15) is 33.9 Å². The molecule has 3 amide bonds. The summed E-state index contributed by atoms with van der Waals surface area (Å²) in [6, 6.07) is -5.34. The van der Waals surface area contributed by atoms with Crippen molar-refractivity contribution in [2.45, 2.75) is 76.5 Å². The Morgan fingerprint density at radius 1 is 0.735 bits per heavy atom. The van der Waals surface area contributed by atoms with Crippen molar-refractivity contribution in [3.05, 3.63) is 0 Å². The number of hydrogen-bond acceptors (Lipinski definition) is 8. The highest BCUT2D eigenvalue weighted by atomic mass is 16.4. The average Bonchev–Trinajstić information content (AvgIpc) is 2.73. The maximum atomic E-state index is 12.8. The zero-order valence-corrected chi connectivity index (χ0v) is 19.3. The Morgan fingerprint density at radius 3 is 1.74 bits per heavy atom.